The van der Waals surface area contributed by atoms with Gasteiger partial charge in [0.05, 0.1) is 30.0 Å². The fourth-order valence-electron chi connectivity index (χ4n) is 7.22. The second-order valence-corrected chi connectivity index (χ2v) is 17.5. The first-order valence-corrected chi connectivity index (χ1v) is 22.5. The lowest BCUT2D eigenvalue weighted by molar-refractivity contribution is -0.121. The number of nitrogens with one attached hydrogen (secondary N) is 4. The Bertz CT molecular complexity index is 1660. The fraction of sp³-hybridized carbons (Fsp3) is 0.658. The van der Waals surface area contributed by atoms with Gasteiger partial charge in [-0.2, -0.15) is 4.98 Å². The Morgan fingerprint density at radius 2 is 1.72 bits per heavy atom. The number of nitrogens with zero attached hydrogens (tertiary/aromatic N) is 4. The number of para-hydroxylation sites is 1. The maximum atomic E-state index is 12.5. The van der Waals surface area contributed by atoms with Crippen LogP contribution >= 0.6 is 18.9 Å². The van der Waals surface area contributed by atoms with E-state index in [4.69, 9.17) is 30.5 Å². The smallest absolute Gasteiger partial charge is 0.325 e. The van der Waals surface area contributed by atoms with Crippen molar-refractivity contribution in [3.63, 3.8) is 0 Å². The maximum absolute atomic E-state index is 12.5. The van der Waals surface area contributed by atoms with Gasteiger partial charge in [0.25, 0.3) is 0 Å². The lowest BCUT2D eigenvalue weighted by Crippen LogP contribution is -2.39. The number of hydrogen-bond acceptors (Lipinski definition) is 13. The van der Waals surface area contributed by atoms with E-state index < -0.39 is 13.6 Å². The quantitative estimate of drug-likeness (QED) is 0.0474. The number of nitrogens with two attached hydrogens (primary N) is 1. The van der Waals surface area contributed by atoms with Crippen molar-refractivity contribution >= 4 is 53.2 Å². The van der Waals surface area contributed by atoms with Crippen LogP contribution in [0.5, 0.6) is 0 Å². The van der Waals surface area contributed by atoms with Gasteiger partial charge >= 0.3 is 7.60 Å². The summed E-state index contributed by atoms with van der Waals surface area (Å²) in [4.78, 5) is 59.4. The molecule has 1 saturated heterocycles. The monoisotopic (exact) mass is 785 g/mol. The normalized spacial score (nSPS) is 16.8. The fourth-order valence-corrected chi connectivity index (χ4v) is 8.52. The minimum atomic E-state index is -4.12. The number of hydrogen-bond donors (Lipinski definition) is 7. The van der Waals surface area contributed by atoms with Gasteiger partial charge in [0.1, 0.15) is 22.4 Å². The van der Waals surface area contributed by atoms with Gasteiger partial charge in [-0.3, -0.25) is 14.2 Å². The van der Waals surface area contributed by atoms with Gasteiger partial charge < -0.3 is 41.7 Å². The van der Waals surface area contributed by atoms with Gasteiger partial charge in [-0.25, -0.2) is 9.97 Å². The number of ketones is 2. The van der Waals surface area contributed by atoms with Crippen molar-refractivity contribution < 1.29 is 23.9 Å². The SMILES string of the molecule is N[C@@H](CCC(=O)CCCN1CCC(Nc2nc(NCc3nc(CNCCCNC4CCCCC4)cs3)nc3ccccc23)CC1)C(=O)CCCP(=O)(O)O. The van der Waals surface area contributed by atoms with E-state index >= 15 is 0 Å². The number of anilines is 2. The molecule has 54 heavy (non-hydrogen) atoms. The van der Waals surface area contributed by atoms with Gasteiger partial charge in [0.2, 0.25) is 5.95 Å². The molecule has 2 aliphatic rings. The second kappa shape index (κ2) is 22.0. The van der Waals surface area contributed by atoms with Crippen molar-refractivity contribution in [3.05, 3.63) is 40.3 Å². The molecule has 1 aliphatic carbocycles. The summed E-state index contributed by atoms with van der Waals surface area (Å²) >= 11 is 1.65. The predicted octanol–water partition coefficient (Wildman–Crippen LogP) is 4.96. The van der Waals surface area contributed by atoms with Crippen molar-refractivity contribution in [1.29, 1.82) is 0 Å². The number of carbonyl (C=O) groups excluding carboxylic acids is 2. The van der Waals surface area contributed by atoms with Gasteiger partial charge in [0, 0.05) is 61.7 Å². The molecule has 2 aromatic heterocycles. The zero-order valence-corrected chi connectivity index (χ0v) is 33.2. The lowest BCUT2D eigenvalue weighted by Gasteiger charge is -2.32. The Hall–Kier alpha value is -2.88. The van der Waals surface area contributed by atoms with E-state index in [0.29, 0.717) is 25.0 Å². The molecule has 1 aromatic carbocycles. The molecule has 14 nitrogen and oxygen atoms in total. The zero-order chi connectivity index (χ0) is 38.2. The highest BCUT2D eigenvalue weighted by molar-refractivity contribution is 7.51. The van der Waals surface area contributed by atoms with E-state index in [1.54, 1.807) is 11.3 Å². The third-order valence-corrected chi connectivity index (χ3v) is 12.2. The number of likely N-dealkylation sites (tertiary alicyclic amines) is 1. The predicted molar refractivity (Wildman–Crippen MR) is 216 cm³/mol. The van der Waals surface area contributed by atoms with Crippen molar-refractivity contribution in [2.75, 3.05) is 49.5 Å². The summed E-state index contributed by atoms with van der Waals surface area (Å²) in [5.41, 5.74) is 7.86. The van der Waals surface area contributed by atoms with E-state index in [2.05, 4.69) is 37.6 Å². The molecule has 1 atom stereocenters. The molecule has 8 N–H and O–H groups in total. The van der Waals surface area contributed by atoms with Gasteiger partial charge in [-0.15, -0.1) is 11.3 Å². The van der Waals surface area contributed by atoms with Crippen LogP contribution in [0.4, 0.5) is 11.8 Å². The minimum Gasteiger partial charge on any atom is -0.367 e. The summed E-state index contributed by atoms with van der Waals surface area (Å²) in [6.45, 7) is 6.05. The largest absolute Gasteiger partial charge is 0.367 e. The highest BCUT2D eigenvalue weighted by Gasteiger charge is 2.22. The van der Waals surface area contributed by atoms with Gasteiger partial charge in [-0.05, 0) is 83.1 Å². The highest BCUT2D eigenvalue weighted by Crippen LogP contribution is 2.35. The highest BCUT2D eigenvalue weighted by atomic mass is 32.1. The molecule has 16 heteroatoms. The Labute approximate surface area is 323 Å². The van der Waals surface area contributed by atoms with Gasteiger partial charge in [-0.1, -0.05) is 31.4 Å². The number of Topliss-reactive ketones (excluding diaryl/α,β-unsaturated/α-hetero) is 2. The molecule has 0 unspecified atom stereocenters. The third-order valence-electron chi connectivity index (χ3n) is 10.4. The minimum absolute atomic E-state index is 0.0158. The molecule has 1 saturated carbocycles. The third kappa shape index (κ3) is 15.0. The summed E-state index contributed by atoms with van der Waals surface area (Å²) in [6, 6.07) is 8.27. The van der Waals surface area contributed by atoms with Crippen LogP contribution in [-0.4, -0.2) is 98.2 Å². The molecule has 5 rings (SSSR count). The van der Waals surface area contributed by atoms with Crippen molar-refractivity contribution in [1.82, 2.24) is 30.5 Å². The molecule has 3 heterocycles. The molecule has 3 aromatic rings. The summed E-state index contributed by atoms with van der Waals surface area (Å²) in [5.74, 6) is 1.23. The molecular weight excluding hydrogens is 726 g/mol. The molecule has 0 amide bonds. The average Bonchev–Trinajstić information content (AvgIpc) is 3.62. The Kier molecular flexibility index (Phi) is 17.2. The molecule has 0 bridgehead atoms. The summed E-state index contributed by atoms with van der Waals surface area (Å²) in [7, 11) is -4.12. The topological polar surface area (TPSA) is 208 Å². The number of aromatic nitrogens is 3. The standard InChI is InChI=1S/C38H60N9O5PS/c39-33(35(49)14-7-24-53(50,51)52)16-15-31(48)11-6-21-47-22-17-29(18-23-47)44-37-32-12-4-5-13-34(32)45-38(46-37)42-26-36-43-30(27-54-36)25-40-19-8-20-41-28-9-2-1-3-10-28/h4-5,12-13,27-29,33,40-41H,1-3,6-11,14-26,39H2,(H2,50,51,52)(H2,42,44,45,46)/t33-/m0/s1. The Morgan fingerprint density at radius 1 is 0.926 bits per heavy atom. The molecule has 2 fully saturated rings. The van der Waals surface area contributed by atoms with Crippen LogP contribution in [0.15, 0.2) is 29.6 Å². The number of rotatable bonds is 24. The molecule has 0 radical (unpaired) electrons. The van der Waals surface area contributed by atoms with E-state index in [0.717, 1.165) is 92.4 Å². The van der Waals surface area contributed by atoms with E-state index in [1.807, 2.05) is 18.2 Å². The summed E-state index contributed by atoms with van der Waals surface area (Å²) in [5, 5.41) is 18.5. The molecule has 298 valence electrons. The first kappa shape index (κ1) is 42.3. The van der Waals surface area contributed by atoms with Crippen LogP contribution in [0.25, 0.3) is 10.9 Å². The van der Waals surface area contributed by atoms with Crippen LogP contribution in [-0.2, 0) is 27.2 Å². The lowest BCUT2D eigenvalue weighted by atomic mass is 9.95. The number of piperidine rings is 1. The maximum Gasteiger partial charge on any atom is 0.325 e. The van der Waals surface area contributed by atoms with Crippen molar-refractivity contribution in [2.24, 2.45) is 5.73 Å². The van der Waals surface area contributed by atoms with Crippen LogP contribution in [0, 0.1) is 0 Å². The first-order valence-electron chi connectivity index (χ1n) is 19.8. The Morgan fingerprint density at radius 3 is 2.52 bits per heavy atom. The summed E-state index contributed by atoms with van der Waals surface area (Å²) in [6.07, 6.45) is 11.3. The molecule has 0 spiro atoms. The Balaban J connectivity index is 0.985. The zero-order valence-electron chi connectivity index (χ0n) is 31.5. The second-order valence-electron chi connectivity index (χ2n) is 14.8. The van der Waals surface area contributed by atoms with Gasteiger partial charge in [0.15, 0.2) is 0 Å². The van der Waals surface area contributed by atoms with Crippen molar-refractivity contribution in [3.8, 4) is 0 Å². The summed E-state index contributed by atoms with van der Waals surface area (Å²) < 4.78 is 11.0. The van der Waals surface area contributed by atoms with Crippen LogP contribution in [0.2, 0.25) is 0 Å². The number of thiazole rings is 1. The van der Waals surface area contributed by atoms with Crippen LogP contribution < -0.4 is 27.0 Å². The molecular formula is C38H60N9O5PS. The average molecular weight is 786 g/mol. The number of carbonyl (C=O) groups is 2. The van der Waals surface area contributed by atoms with E-state index in [1.165, 1.54) is 32.1 Å². The van der Waals surface area contributed by atoms with Crippen LogP contribution in [0.1, 0.15) is 101 Å². The van der Waals surface area contributed by atoms with Crippen LogP contribution in [0.3, 0.4) is 0 Å². The number of fused-ring (bicyclic) bond motifs is 1. The molecule has 1 aliphatic heterocycles. The van der Waals surface area contributed by atoms with Crippen molar-refractivity contribution in [2.45, 2.75) is 121 Å². The number of benzene rings is 1. The van der Waals surface area contributed by atoms with E-state index in [9.17, 15) is 14.2 Å². The van der Waals surface area contributed by atoms with E-state index in [-0.39, 0.29) is 49.5 Å². The first-order chi connectivity index (χ1) is 26.1.